The lowest BCUT2D eigenvalue weighted by atomic mass is 10.0. The maximum atomic E-state index is 12.9. The van der Waals surface area contributed by atoms with Gasteiger partial charge in [0.25, 0.3) is 5.91 Å². The van der Waals surface area contributed by atoms with E-state index in [0.29, 0.717) is 24.8 Å². The van der Waals surface area contributed by atoms with E-state index in [0.717, 1.165) is 49.8 Å². The van der Waals surface area contributed by atoms with Crippen molar-refractivity contribution in [3.8, 4) is 0 Å². The second-order valence-electron chi connectivity index (χ2n) is 8.02. The normalized spacial score (nSPS) is 20.3. The molecule has 2 aliphatic rings. The summed E-state index contributed by atoms with van der Waals surface area (Å²) >= 11 is 0. The predicted octanol–water partition coefficient (Wildman–Crippen LogP) is 2.35. The van der Waals surface area contributed by atoms with E-state index < -0.39 is 0 Å². The number of hydrogen-bond acceptors (Lipinski definition) is 4. The molecule has 2 N–H and O–H groups in total. The molecule has 2 fully saturated rings. The lowest BCUT2D eigenvalue weighted by Gasteiger charge is -2.32. The minimum Gasteiger partial charge on any atom is -0.337 e. The molecule has 8 nitrogen and oxygen atoms in total. The first-order valence-electron chi connectivity index (χ1n) is 10.4. The Hall–Kier alpha value is -2.58. The van der Waals surface area contributed by atoms with Crippen LogP contribution in [-0.4, -0.2) is 56.3 Å². The molecule has 2 aromatic heterocycles. The number of rotatable bonds is 3. The van der Waals surface area contributed by atoms with E-state index in [1.165, 1.54) is 0 Å². The van der Waals surface area contributed by atoms with E-state index in [4.69, 9.17) is 0 Å². The van der Waals surface area contributed by atoms with Crippen LogP contribution >= 0.6 is 12.4 Å². The number of aromatic nitrogens is 4. The topological polar surface area (TPSA) is 87.9 Å². The highest BCUT2D eigenvalue weighted by atomic mass is 35.5. The molecule has 2 saturated heterocycles. The van der Waals surface area contributed by atoms with E-state index in [-0.39, 0.29) is 30.0 Å². The predicted molar refractivity (Wildman–Crippen MR) is 117 cm³/mol. The molecule has 9 heteroatoms. The third-order valence-corrected chi connectivity index (χ3v) is 6.21. The van der Waals surface area contributed by atoms with Crippen LogP contribution in [0, 0.1) is 0 Å². The molecule has 1 amide bonds. The van der Waals surface area contributed by atoms with Crippen molar-refractivity contribution in [2.24, 2.45) is 0 Å². The van der Waals surface area contributed by atoms with Crippen molar-refractivity contribution in [3.05, 3.63) is 52.7 Å². The molecule has 160 valence electrons. The average molecular weight is 431 g/mol. The summed E-state index contributed by atoms with van der Waals surface area (Å²) in [5.41, 5.74) is 2.23. The van der Waals surface area contributed by atoms with Gasteiger partial charge in [0.2, 0.25) is 0 Å². The molecule has 2 aliphatic heterocycles. The van der Waals surface area contributed by atoms with Crippen molar-refractivity contribution >= 4 is 29.3 Å². The summed E-state index contributed by atoms with van der Waals surface area (Å²) < 4.78 is 3.78. The van der Waals surface area contributed by atoms with Crippen LogP contribution in [0.5, 0.6) is 0 Å². The number of benzene rings is 1. The van der Waals surface area contributed by atoms with Crippen molar-refractivity contribution in [1.29, 1.82) is 0 Å². The summed E-state index contributed by atoms with van der Waals surface area (Å²) in [6.45, 7) is 3.22. The second kappa shape index (κ2) is 8.65. The maximum Gasteiger partial charge on any atom is 0.326 e. The monoisotopic (exact) mass is 430 g/mol. The van der Waals surface area contributed by atoms with Crippen molar-refractivity contribution in [3.63, 3.8) is 0 Å². The third-order valence-electron chi connectivity index (χ3n) is 6.21. The standard InChI is InChI=1S/C21H26N6O2.ClH/c28-20(18-9-13-26(24-18)16-4-3-10-22-14-16)25-11-7-15(8-12-25)27-19-6-2-1-5-17(19)23-21(27)29;/h1-2,5-6,9,13,15-16,22H,3-4,7-8,10-12,14H2,(H,23,29);1H. The summed E-state index contributed by atoms with van der Waals surface area (Å²) in [6, 6.07) is 10.0. The first kappa shape index (κ1) is 20.7. The number of nitrogens with one attached hydrogen (secondary N) is 2. The second-order valence-corrected chi connectivity index (χ2v) is 8.02. The first-order valence-corrected chi connectivity index (χ1v) is 10.4. The Morgan fingerprint density at radius 3 is 2.63 bits per heavy atom. The van der Waals surface area contributed by atoms with Gasteiger partial charge in [-0.25, -0.2) is 4.79 Å². The lowest BCUT2D eigenvalue weighted by Crippen LogP contribution is -2.40. The summed E-state index contributed by atoms with van der Waals surface area (Å²) in [7, 11) is 0. The zero-order chi connectivity index (χ0) is 19.8. The van der Waals surface area contributed by atoms with Crippen LogP contribution < -0.4 is 11.0 Å². The van der Waals surface area contributed by atoms with E-state index in [1.807, 2.05) is 50.7 Å². The number of carbonyl (C=O) groups excluding carboxylic acids is 1. The van der Waals surface area contributed by atoms with Crippen molar-refractivity contribution in [1.82, 2.24) is 29.5 Å². The summed E-state index contributed by atoms with van der Waals surface area (Å²) in [4.78, 5) is 30.2. The summed E-state index contributed by atoms with van der Waals surface area (Å²) in [5.74, 6) is -0.0164. The molecule has 0 spiro atoms. The Morgan fingerprint density at radius 1 is 1.07 bits per heavy atom. The van der Waals surface area contributed by atoms with Crippen LogP contribution in [0.25, 0.3) is 11.0 Å². The molecule has 1 aromatic carbocycles. The molecule has 1 atom stereocenters. The number of carbonyl (C=O) groups is 1. The number of para-hydroxylation sites is 2. The van der Waals surface area contributed by atoms with Gasteiger partial charge in [-0.15, -0.1) is 12.4 Å². The summed E-state index contributed by atoms with van der Waals surface area (Å²) in [6.07, 6.45) is 5.67. The Kier molecular flexibility index (Phi) is 5.97. The average Bonchev–Trinajstić information content (AvgIpc) is 3.38. The highest BCUT2D eigenvalue weighted by Crippen LogP contribution is 2.25. The molecular formula is C21H27ClN6O2. The van der Waals surface area contributed by atoms with E-state index in [2.05, 4.69) is 15.4 Å². The van der Waals surface area contributed by atoms with Gasteiger partial charge in [-0.1, -0.05) is 12.1 Å². The molecule has 3 aromatic rings. The largest absolute Gasteiger partial charge is 0.337 e. The van der Waals surface area contributed by atoms with Crippen LogP contribution in [-0.2, 0) is 0 Å². The highest BCUT2D eigenvalue weighted by Gasteiger charge is 2.28. The molecule has 1 unspecified atom stereocenters. The number of H-pyrrole nitrogens is 1. The number of fused-ring (bicyclic) bond motifs is 1. The van der Waals surface area contributed by atoms with Gasteiger partial charge >= 0.3 is 5.69 Å². The molecule has 30 heavy (non-hydrogen) atoms. The Morgan fingerprint density at radius 2 is 1.87 bits per heavy atom. The Labute approximate surface area is 180 Å². The number of amides is 1. The molecule has 0 saturated carbocycles. The van der Waals surface area contributed by atoms with Crippen LogP contribution in [0.15, 0.2) is 41.3 Å². The fraction of sp³-hybridized carbons (Fsp3) is 0.476. The minimum atomic E-state index is -0.0733. The third kappa shape index (κ3) is 3.77. The van der Waals surface area contributed by atoms with Crippen LogP contribution in [0.2, 0.25) is 0 Å². The summed E-state index contributed by atoms with van der Waals surface area (Å²) in [5, 5.41) is 7.94. The van der Waals surface area contributed by atoms with Gasteiger partial charge < -0.3 is 15.2 Å². The van der Waals surface area contributed by atoms with Crippen molar-refractivity contribution in [2.75, 3.05) is 26.2 Å². The minimum absolute atomic E-state index is 0. The van der Waals surface area contributed by atoms with Crippen molar-refractivity contribution < 1.29 is 4.79 Å². The number of aromatic amines is 1. The number of nitrogens with zero attached hydrogens (tertiary/aromatic N) is 4. The fourth-order valence-corrected chi connectivity index (χ4v) is 4.64. The van der Waals surface area contributed by atoms with Crippen LogP contribution in [0.3, 0.4) is 0 Å². The van der Waals surface area contributed by atoms with Crippen LogP contribution in [0.4, 0.5) is 0 Å². The van der Waals surface area contributed by atoms with Gasteiger partial charge in [-0.05, 0) is 50.4 Å². The van der Waals surface area contributed by atoms with E-state index >= 15 is 0 Å². The zero-order valence-electron chi connectivity index (χ0n) is 16.8. The number of hydrogen-bond donors (Lipinski definition) is 2. The molecule has 0 radical (unpaired) electrons. The van der Waals surface area contributed by atoms with Gasteiger partial charge in [0, 0.05) is 31.9 Å². The zero-order valence-corrected chi connectivity index (χ0v) is 17.6. The number of likely N-dealkylation sites (tertiary alicyclic amines) is 1. The van der Waals surface area contributed by atoms with Gasteiger partial charge in [-0.3, -0.25) is 14.0 Å². The molecule has 0 aliphatic carbocycles. The maximum absolute atomic E-state index is 12.9. The van der Waals surface area contributed by atoms with Gasteiger partial charge in [0.1, 0.15) is 5.69 Å². The van der Waals surface area contributed by atoms with E-state index in [1.54, 1.807) is 0 Å². The van der Waals surface area contributed by atoms with Crippen LogP contribution in [0.1, 0.15) is 48.3 Å². The van der Waals surface area contributed by atoms with E-state index in [9.17, 15) is 9.59 Å². The number of halogens is 1. The molecule has 0 bridgehead atoms. The SMILES string of the molecule is Cl.O=C(c1ccn(C2CCCNC2)n1)N1CCC(n2c(=O)[nH]c3ccccc32)CC1. The fourth-order valence-electron chi connectivity index (χ4n) is 4.64. The van der Waals surface area contributed by atoms with Gasteiger partial charge in [0.15, 0.2) is 0 Å². The molecule has 5 rings (SSSR count). The molecule has 4 heterocycles. The Balaban J connectivity index is 0.00000218. The highest BCUT2D eigenvalue weighted by molar-refractivity contribution is 5.92. The Bertz CT molecular complexity index is 1070. The molecular weight excluding hydrogens is 404 g/mol. The lowest BCUT2D eigenvalue weighted by molar-refractivity contribution is 0.0687. The van der Waals surface area contributed by atoms with Gasteiger partial charge in [-0.2, -0.15) is 5.10 Å². The van der Waals surface area contributed by atoms with Gasteiger partial charge in [0.05, 0.1) is 17.1 Å². The smallest absolute Gasteiger partial charge is 0.326 e. The van der Waals surface area contributed by atoms with Crippen molar-refractivity contribution in [2.45, 2.75) is 37.8 Å². The number of imidazole rings is 1. The quantitative estimate of drug-likeness (QED) is 0.667. The first-order chi connectivity index (χ1) is 14.2. The number of piperidine rings is 2.